The van der Waals surface area contributed by atoms with Gasteiger partial charge in [-0.05, 0) is 6.92 Å². The lowest BCUT2D eigenvalue weighted by Gasteiger charge is -2.31. The normalized spacial score (nSPS) is 14.1. The summed E-state index contributed by atoms with van der Waals surface area (Å²) in [6.07, 6.45) is -17.0. The van der Waals surface area contributed by atoms with Crippen molar-refractivity contribution in [1.29, 1.82) is 0 Å². The van der Waals surface area contributed by atoms with Crippen LogP contribution in [0.4, 0.5) is 44.6 Å². The van der Waals surface area contributed by atoms with Crippen molar-refractivity contribution in [3.8, 4) is 0 Å². The van der Waals surface area contributed by atoms with E-state index in [0.717, 1.165) is 5.32 Å². The third-order valence-corrected chi connectivity index (χ3v) is 3.36. The van der Waals surface area contributed by atoms with Gasteiger partial charge in [0.2, 0.25) is 15.6 Å². The van der Waals surface area contributed by atoms with E-state index < -0.39 is 58.3 Å². The van der Waals surface area contributed by atoms with Crippen LogP contribution < -0.4 is 5.32 Å². The number of carbonyl (C=O) groups is 1. The second kappa shape index (κ2) is 5.24. The Hall–Kier alpha value is -1.60. The second-order valence-corrected chi connectivity index (χ2v) is 4.96. The first kappa shape index (κ1) is 18.4. The number of halogens is 9. The van der Waals surface area contributed by atoms with Gasteiger partial charge in [-0.1, -0.05) is 11.3 Å². The highest BCUT2D eigenvalue weighted by Crippen LogP contribution is 2.50. The van der Waals surface area contributed by atoms with Gasteiger partial charge in [-0.15, -0.1) is 10.2 Å². The Bertz CT molecular complexity index is 544. The number of rotatable bonds is 2. The largest absolute Gasteiger partial charge is 0.445 e. The van der Waals surface area contributed by atoms with Crippen LogP contribution in [0.15, 0.2) is 0 Å². The fourth-order valence-corrected chi connectivity index (χ4v) is 1.63. The standard InChI is InChI=1S/C8H4F9N3OS/c1-5(7(12,13)14,8(15,16)17)2(21)18-4-20-19-3(22-4)6(9,10)11/h1H3,(H,18,20,21). The molecule has 0 atom stereocenters. The molecule has 22 heavy (non-hydrogen) atoms. The van der Waals surface area contributed by atoms with Crippen LogP contribution in [-0.4, -0.2) is 28.5 Å². The summed E-state index contributed by atoms with van der Waals surface area (Å²) in [7, 11) is 0. The Balaban J connectivity index is 3.11. The van der Waals surface area contributed by atoms with Gasteiger partial charge in [-0.25, -0.2) is 0 Å². The first-order valence-corrected chi connectivity index (χ1v) is 5.78. The summed E-state index contributed by atoms with van der Waals surface area (Å²) in [4.78, 5) is 11.3. The number of nitrogens with zero attached hydrogens (tertiary/aromatic N) is 2. The summed E-state index contributed by atoms with van der Waals surface area (Å²) < 4.78 is 112. The summed E-state index contributed by atoms with van der Waals surface area (Å²) in [5, 5.41) is 3.47. The SMILES string of the molecule is CC(C(=O)Nc1nnc(C(F)(F)F)s1)(C(F)(F)F)C(F)(F)F. The van der Waals surface area contributed by atoms with Gasteiger partial charge < -0.3 is 0 Å². The van der Waals surface area contributed by atoms with Crippen LogP contribution in [-0.2, 0) is 11.0 Å². The summed E-state index contributed by atoms with van der Waals surface area (Å²) in [6.45, 7) is -0.436. The average Bonchev–Trinajstić information content (AvgIpc) is 2.72. The Kier molecular flexibility index (Phi) is 4.40. The molecule has 0 aliphatic heterocycles. The molecule has 0 radical (unpaired) electrons. The van der Waals surface area contributed by atoms with Crippen LogP contribution in [0, 0.1) is 5.41 Å². The molecule has 0 bridgehead atoms. The third kappa shape index (κ3) is 3.25. The van der Waals surface area contributed by atoms with Crippen molar-refractivity contribution in [3.05, 3.63) is 5.01 Å². The molecule has 1 aromatic rings. The van der Waals surface area contributed by atoms with Crippen molar-refractivity contribution in [2.24, 2.45) is 5.41 Å². The maximum Gasteiger partial charge on any atom is 0.445 e. The molecule has 0 spiro atoms. The molecule has 0 saturated heterocycles. The predicted molar refractivity (Wildman–Crippen MR) is 53.8 cm³/mol. The van der Waals surface area contributed by atoms with Gasteiger partial charge in [0.25, 0.3) is 5.91 Å². The molecule has 0 saturated carbocycles. The lowest BCUT2D eigenvalue weighted by Crippen LogP contribution is -2.55. The number of carbonyl (C=O) groups excluding carboxylic acids is 1. The van der Waals surface area contributed by atoms with E-state index in [2.05, 4.69) is 10.2 Å². The maximum atomic E-state index is 12.6. The van der Waals surface area contributed by atoms with Gasteiger partial charge in [0, 0.05) is 0 Å². The van der Waals surface area contributed by atoms with E-state index in [9.17, 15) is 44.3 Å². The summed E-state index contributed by atoms with van der Waals surface area (Å²) >= 11 is -0.408. The van der Waals surface area contributed by atoms with Crippen molar-refractivity contribution < 1.29 is 44.3 Å². The number of amides is 1. The average molecular weight is 361 g/mol. The molecule has 1 N–H and O–H groups in total. The van der Waals surface area contributed by atoms with Crippen LogP contribution in [0.1, 0.15) is 11.9 Å². The Morgan fingerprint density at radius 2 is 1.41 bits per heavy atom. The van der Waals surface area contributed by atoms with E-state index in [-0.39, 0.29) is 0 Å². The van der Waals surface area contributed by atoms with E-state index in [4.69, 9.17) is 0 Å². The molecule has 1 heterocycles. The molecule has 0 aromatic carbocycles. The molecular weight excluding hydrogens is 357 g/mol. The highest BCUT2D eigenvalue weighted by molar-refractivity contribution is 7.15. The van der Waals surface area contributed by atoms with E-state index in [1.165, 1.54) is 0 Å². The van der Waals surface area contributed by atoms with Crippen molar-refractivity contribution >= 4 is 22.4 Å². The Morgan fingerprint density at radius 1 is 0.955 bits per heavy atom. The fourth-order valence-electron chi connectivity index (χ4n) is 1.03. The number of anilines is 1. The molecule has 14 heteroatoms. The molecule has 4 nitrogen and oxygen atoms in total. The number of nitrogens with one attached hydrogen (secondary N) is 1. The topological polar surface area (TPSA) is 54.9 Å². The lowest BCUT2D eigenvalue weighted by atomic mass is 9.88. The van der Waals surface area contributed by atoms with Gasteiger partial charge in [-0.3, -0.25) is 10.1 Å². The number of hydrogen-bond acceptors (Lipinski definition) is 4. The summed E-state index contributed by atoms with van der Waals surface area (Å²) in [5.41, 5.74) is -4.82. The smallest absolute Gasteiger partial charge is 0.299 e. The minimum absolute atomic E-state index is 0.408. The zero-order valence-electron chi connectivity index (χ0n) is 10.1. The molecule has 1 amide bonds. The second-order valence-electron chi connectivity index (χ2n) is 3.98. The number of aromatic nitrogens is 2. The van der Waals surface area contributed by atoms with Crippen LogP contribution >= 0.6 is 11.3 Å². The Morgan fingerprint density at radius 3 is 1.73 bits per heavy atom. The monoisotopic (exact) mass is 361 g/mol. The van der Waals surface area contributed by atoms with Crippen LogP contribution in [0.2, 0.25) is 0 Å². The molecule has 0 unspecified atom stereocenters. The quantitative estimate of drug-likeness (QED) is 0.819. The summed E-state index contributed by atoms with van der Waals surface area (Å²) in [5.74, 6) is -2.61. The van der Waals surface area contributed by atoms with Crippen molar-refractivity contribution in [3.63, 3.8) is 0 Å². The Labute approximate surface area is 119 Å². The van der Waals surface area contributed by atoms with E-state index in [1.807, 2.05) is 0 Å². The van der Waals surface area contributed by atoms with Crippen molar-refractivity contribution in [1.82, 2.24) is 10.2 Å². The minimum Gasteiger partial charge on any atom is -0.299 e. The van der Waals surface area contributed by atoms with E-state index in [0.29, 0.717) is 0 Å². The molecule has 1 aromatic heterocycles. The lowest BCUT2D eigenvalue weighted by molar-refractivity contribution is -0.317. The van der Waals surface area contributed by atoms with Crippen molar-refractivity contribution in [2.45, 2.75) is 25.5 Å². The molecular formula is C8H4F9N3OS. The number of hydrogen-bond donors (Lipinski definition) is 1. The first-order chi connectivity index (χ1) is 9.60. The number of alkyl halides is 9. The zero-order valence-corrected chi connectivity index (χ0v) is 10.9. The zero-order chi connectivity index (χ0) is 17.6. The van der Waals surface area contributed by atoms with Gasteiger partial charge in [0.1, 0.15) is 0 Å². The molecule has 0 fully saturated rings. The third-order valence-electron chi connectivity index (χ3n) is 2.48. The van der Waals surface area contributed by atoms with Crippen molar-refractivity contribution in [2.75, 3.05) is 5.32 Å². The van der Waals surface area contributed by atoms with Gasteiger partial charge in [0.15, 0.2) is 0 Å². The maximum absolute atomic E-state index is 12.6. The molecule has 0 aliphatic rings. The first-order valence-electron chi connectivity index (χ1n) is 4.96. The van der Waals surface area contributed by atoms with E-state index in [1.54, 1.807) is 0 Å². The van der Waals surface area contributed by atoms with Gasteiger partial charge >= 0.3 is 18.5 Å². The van der Waals surface area contributed by atoms with Crippen LogP contribution in [0.25, 0.3) is 0 Å². The van der Waals surface area contributed by atoms with Crippen LogP contribution in [0.3, 0.4) is 0 Å². The van der Waals surface area contributed by atoms with Gasteiger partial charge in [0.05, 0.1) is 0 Å². The minimum atomic E-state index is -6.02. The van der Waals surface area contributed by atoms with E-state index >= 15 is 0 Å². The molecule has 0 aliphatic carbocycles. The van der Waals surface area contributed by atoms with Gasteiger partial charge in [-0.2, -0.15) is 39.5 Å². The predicted octanol–water partition coefficient (Wildman–Crippen LogP) is 3.63. The fraction of sp³-hybridized carbons (Fsp3) is 0.625. The highest BCUT2D eigenvalue weighted by Gasteiger charge is 2.72. The summed E-state index contributed by atoms with van der Waals surface area (Å²) in [6, 6.07) is 0. The highest BCUT2D eigenvalue weighted by atomic mass is 32.1. The molecule has 126 valence electrons. The molecule has 1 rings (SSSR count). The van der Waals surface area contributed by atoms with Crippen LogP contribution in [0.5, 0.6) is 0 Å².